The quantitative estimate of drug-likeness (QED) is 0.649. The number of ether oxygens (including phenoxy) is 3. The molecule has 0 radical (unpaired) electrons. The van der Waals surface area contributed by atoms with E-state index in [1.54, 1.807) is 31.2 Å². The van der Waals surface area contributed by atoms with Crippen molar-refractivity contribution in [1.29, 1.82) is 0 Å². The number of carbonyl (C=O) groups is 1. The molecule has 0 aliphatic carbocycles. The number of hydrogen-bond donors (Lipinski definition) is 1. The fourth-order valence-electron chi connectivity index (χ4n) is 2.57. The fraction of sp³-hybridized carbons (Fsp3) is 0.211. The zero-order valence-electron chi connectivity index (χ0n) is 14.9. The number of carbonyl (C=O) groups excluding carboxylic acids is 1. The first-order valence-electron chi connectivity index (χ1n) is 8.22. The Morgan fingerprint density at radius 3 is 2.61 bits per heavy atom. The van der Waals surface area contributed by atoms with Crippen molar-refractivity contribution in [3.05, 3.63) is 64.2 Å². The van der Waals surface area contributed by atoms with Crippen molar-refractivity contribution in [3.63, 3.8) is 0 Å². The number of nitrogens with zero attached hydrogens (tertiary/aromatic N) is 1. The lowest BCUT2D eigenvalue weighted by Crippen LogP contribution is -2.17. The molecule has 2 aromatic carbocycles. The molecule has 0 saturated carbocycles. The third kappa shape index (κ3) is 4.08. The van der Waals surface area contributed by atoms with Crippen molar-refractivity contribution in [2.45, 2.75) is 19.6 Å². The number of para-hydroxylation sites is 1. The van der Waals surface area contributed by atoms with Gasteiger partial charge in [0.05, 0.1) is 23.6 Å². The van der Waals surface area contributed by atoms with Gasteiger partial charge in [-0.2, -0.15) is 8.78 Å². The van der Waals surface area contributed by atoms with Crippen LogP contribution in [-0.4, -0.2) is 29.7 Å². The summed E-state index contributed by atoms with van der Waals surface area (Å²) in [5.74, 6) is -0.811. The van der Waals surface area contributed by atoms with E-state index in [0.29, 0.717) is 10.9 Å². The number of alkyl halides is 2. The summed E-state index contributed by atoms with van der Waals surface area (Å²) in [5.41, 5.74) is 0.187. The van der Waals surface area contributed by atoms with Gasteiger partial charge in [0, 0.05) is 0 Å². The summed E-state index contributed by atoms with van der Waals surface area (Å²) >= 11 is 0. The van der Waals surface area contributed by atoms with Crippen LogP contribution >= 0.6 is 0 Å². The van der Waals surface area contributed by atoms with Crippen LogP contribution in [0, 0.1) is 0 Å². The van der Waals surface area contributed by atoms with E-state index >= 15 is 0 Å². The van der Waals surface area contributed by atoms with Crippen LogP contribution in [0.25, 0.3) is 10.9 Å². The number of rotatable bonds is 6. The molecule has 1 aromatic heterocycles. The summed E-state index contributed by atoms with van der Waals surface area (Å²) in [6.45, 7) is -1.47. The maximum absolute atomic E-state index is 12.4. The number of aromatic amines is 1. The van der Waals surface area contributed by atoms with Crippen molar-refractivity contribution in [2.75, 3.05) is 7.11 Å². The molecule has 0 fully saturated rings. The van der Waals surface area contributed by atoms with Gasteiger partial charge in [0.1, 0.15) is 0 Å². The molecule has 7 nitrogen and oxygen atoms in total. The van der Waals surface area contributed by atoms with Crippen molar-refractivity contribution in [2.24, 2.45) is 0 Å². The average molecular weight is 390 g/mol. The Hall–Kier alpha value is -3.49. The minimum absolute atomic E-state index is 0.0420. The smallest absolute Gasteiger partial charge is 0.387 e. The summed E-state index contributed by atoms with van der Waals surface area (Å²) in [6.07, 6.45) is -0.854. The SMILES string of the molecule is COc1cc(C(=O)O[C@H](C)c2nc3ccccc3c(=O)[nH]2)ccc1OC(F)F. The van der Waals surface area contributed by atoms with E-state index in [0.717, 1.165) is 0 Å². The number of hydrogen-bond acceptors (Lipinski definition) is 6. The van der Waals surface area contributed by atoms with Crippen LogP contribution < -0.4 is 15.0 Å². The Balaban J connectivity index is 1.82. The molecule has 9 heteroatoms. The molecule has 1 N–H and O–H groups in total. The zero-order valence-corrected chi connectivity index (χ0v) is 14.9. The van der Waals surface area contributed by atoms with Gasteiger partial charge in [0.15, 0.2) is 23.4 Å². The number of benzene rings is 2. The van der Waals surface area contributed by atoms with Gasteiger partial charge >= 0.3 is 12.6 Å². The van der Waals surface area contributed by atoms with Gasteiger partial charge in [0.25, 0.3) is 5.56 Å². The van der Waals surface area contributed by atoms with Crippen LogP contribution in [0.4, 0.5) is 8.78 Å². The molecular weight excluding hydrogens is 374 g/mol. The molecule has 3 rings (SSSR count). The van der Waals surface area contributed by atoms with E-state index in [1.165, 1.54) is 25.3 Å². The third-order valence-corrected chi connectivity index (χ3v) is 3.92. The van der Waals surface area contributed by atoms with E-state index in [9.17, 15) is 18.4 Å². The molecule has 0 saturated heterocycles. The summed E-state index contributed by atoms with van der Waals surface area (Å²) in [4.78, 5) is 31.4. The third-order valence-electron chi connectivity index (χ3n) is 3.92. The van der Waals surface area contributed by atoms with E-state index in [1.807, 2.05) is 0 Å². The normalized spacial score (nSPS) is 12.0. The van der Waals surface area contributed by atoms with Crippen molar-refractivity contribution in [1.82, 2.24) is 9.97 Å². The van der Waals surface area contributed by atoms with Crippen molar-refractivity contribution in [3.8, 4) is 11.5 Å². The number of esters is 1. The van der Waals surface area contributed by atoms with Gasteiger partial charge in [0.2, 0.25) is 0 Å². The monoisotopic (exact) mass is 390 g/mol. The molecule has 0 amide bonds. The van der Waals surface area contributed by atoms with Crippen LogP contribution in [0.5, 0.6) is 11.5 Å². The number of halogens is 2. The summed E-state index contributed by atoms with van der Waals surface area (Å²) in [6, 6.07) is 10.4. The molecular formula is C19H16F2N2O5. The van der Waals surface area contributed by atoms with E-state index < -0.39 is 18.7 Å². The fourth-order valence-corrected chi connectivity index (χ4v) is 2.57. The lowest BCUT2D eigenvalue weighted by Gasteiger charge is -2.14. The number of H-pyrrole nitrogens is 1. The van der Waals surface area contributed by atoms with E-state index in [4.69, 9.17) is 9.47 Å². The Labute approximate surface area is 157 Å². The van der Waals surface area contributed by atoms with E-state index in [2.05, 4.69) is 14.7 Å². The molecule has 1 atom stereocenters. The highest BCUT2D eigenvalue weighted by molar-refractivity contribution is 5.90. The van der Waals surface area contributed by atoms with Gasteiger partial charge in [-0.25, -0.2) is 9.78 Å². The van der Waals surface area contributed by atoms with E-state index in [-0.39, 0.29) is 28.4 Å². The minimum atomic E-state index is -3.03. The van der Waals surface area contributed by atoms with Crippen LogP contribution in [0.3, 0.4) is 0 Å². The Morgan fingerprint density at radius 2 is 1.89 bits per heavy atom. The molecule has 1 heterocycles. The first-order chi connectivity index (χ1) is 13.4. The second-order valence-electron chi connectivity index (χ2n) is 5.76. The zero-order chi connectivity index (χ0) is 20.3. The molecule has 0 aliphatic heterocycles. The highest BCUT2D eigenvalue weighted by Crippen LogP contribution is 2.30. The molecule has 146 valence electrons. The van der Waals surface area contributed by atoms with Gasteiger partial charge in [-0.15, -0.1) is 0 Å². The molecule has 0 unspecified atom stereocenters. The molecule has 0 aliphatic rings. The largest absolute Gasteiger partial charge is 0.493 e. The summed E-state index contributed by atoms with van der Waals surface area (Å²) in [5, 5.41) is 0.420. The van der Waals surface area contributed by atoms with Crippen molar-refractivity contribution >= 4 is 16.9 Å². The maximum Gasteiger partial charge on any atom is 0.387 e. The number of nitrogens with one attached hydrogen (secondary N) is 1. The highest BCUT2D eigenvalue weighted by Gasteiger charge is 2.19. The van der Waals surface area contributed by atoms with Crippen LogP contribution in [-0.2, 0) is 4.74 Å². The predicted octanol–water partition coefficient (Wildman–Crippen LogP) is 3.45. The number of fused-ring (bicyclic) bond motifs is 1. The average Bonchev–Trinajstić information content (AvgIpc) is 2.67. The predicted molar refractivity (Wildman–Crippen MR) is 95.8 cm³/mol. The van der Waals surface area contributed by atoms with Crippen LogP contribution in [0.15, 0.2) is 47.3 Å². The molecule has 0 spiro atoms. The Bertz CT molecular complexity index is 1070. The molecule has 0 bridgehead atoms. The highest BCUT2D eigenvalue weighted by atomic mass is 19.3. The lowest BCUT2D eigenvalue weighted by molar-refractivity contribution is -0.0512. The summed E-state index contributed by atoms with van der Waals surface area (Å²) < 4.78 is 39.4. The number of aromatic nitrogens is 2. The second kappa shape index (κ2) is 8.03. The Kier molecular flexibility index (Phi) is 5.53. The Morgan fingerprint density at radius 1 is 1.14 bits per heavy atom. The minimum Gasteiger partial charge on any atom is -0.493 e. The molecule has 28 heavy (non-hydrogen) atoms. The van der Waals surface area contributed by atoms with Crippen molar-refractivity contribution < 1.29 is 27.8 Å². The second-order valence-corrected chi connectivity index (χ2v) is 5.76. The van der Waals surface area contributed by atoms with Gasteiger partial charge in [-0.1, -0.05) is 12.1 Å². The number of methoxy groups -OCH3 is 1. The maximum atomic E-state index is 12.4. The first kappa shape index (κ1) is 19.3. The summed E-state index contributed by atoms with van der Waals surface area (Å²) in [7, 11) is 1.26. The topological polar surface area (TPSA) is 90.5 Å². The van der Waals surface area contributed by atoms with Gasteiger partial charge in [-0.05, 0) is 37.3 Å². The molecule has 3 aromatic rings. The van der Waals surface area contributed by atoms with Crippen LogP contribution in [0.2, 0.25) is 0 Å². The standard InChI is InChI=1S/C19H16F2N2O5/c1-10(16-22-13-6-4-3-5-12(13)17(24)23-16)27-18(25)11-7-8-14(28-19(20)21)15(9-11)26-2/h3-10,19H,1-2H3,(H,22,23,24)/t10-/m1/s1. The van der Waals surface area contributed by atoms with Gasteiger partial charge < -0.3 is 19.2 Å². The van der Waals surface area contributed by atoms with Gasteiger partial charge in [-0.3, -0.25) is 4.79 Å². The van der Waals surface area contributed by atoms with Crippen LogP contribution in [0.1, 0.15) is 29.2 Å². The lowest BCUT2D eigenvalue weighted by atomic mass is 10.2. The first-order valence-corrected chi connectivity index (χ1v) is 8.22.